The molecule has 0 amide bonds. The summed E-state index contributed by atoms with van der Waals surface area (Å²) in [6.07, 6.45) is 0. The summed E-state index contributed by atoms with van der Waals surface area (Å²) in [5.41, 5.74) is 0.759. The van der Waals surface area contributed by atoms with E-state index in [-0.39, 0.29) is 6.61 Å². The Morgan fingerprint density at radius 1 is 0.889 bits per heavy atom. The van der Waals surface area contributed by atoms with Crippen molar-refractivity contribution in [3.8, 4) is 11.5 Å². The van der Waals surface area contributed by atoms with Gasteiger partial charge in [0.2, 0.25) is 0 Å². The Morgan fingerprint density at radius 2 is 1.63 bits per heavy atom. The Kier molecular flexibility index (Phi) is 7.82. The molecule has 0 atom stereocenters. The molecule has 27 heavy (non-hydrogen) atoms. The summed E-state index contributed by atoms with van der Waals surface area (Å²) < 4.78 is 20.8. The third kappa shape index (κ3) is 6.75. The van der Waals surface area contributed by atoms with Crippen molar-refractivity contribution in [2.75, 3.05) is 26.9 Å². The average molecular weight is 372 g/mol. The topological polar surface area (TPSA) is 71.1 Å². The van der Waals surface area contributed by atoms with E-state index in [1.807, 2.05) is 0 Å². The van der Waals surface area contributed by atoms with E-state index in [0.29, 0.717) is 41.8 Å². The van der Waals surface area contributed by atoms with E-state index in [2.05, 4.69) is 13.8 Å². The van der Waals surface area contributed by atoms with Crippen LogP contribution in [-0.4, -0.2) is 38.9 Å². The summed E-state index contributed by atoms with van der Waals surface area (Å²) in [7, 11) is 1.53. The van der Waals surface area contributed by atoms with Gasteiger partial charge in [-0.05, 0) is 48.4 Å². The van der Waals surface area contributed by atoms with E-state index in [0.717, 1.165) is 0 Å². The van der Waals surface area contributed by atoms with Crippen LogP contribution in [0.15, 0.2) is 48.5 Å². The average Bonchev–Trinajstić information content (AvgIpc) is 2.67. The number of methoxy groups -OCH3 is 1. The molecule has 0 aliphatic rings. The lowest BCUT2D eigenvalue weighted by atomic mass is 10.2. The second-order valence-corrected chi connectivity index (χ2v) is 6.28. The molecule has 0 unspecified atom stereocenters. The number of benzene rings is 2. The Bertz CT molecular complexity index is 752. The van der Waals surface area contributed by atoms with Crippen LogP contribution in [0.2, 0.25) is 0 Å². The number of ether oxygens (including phenoxy) is 4. The summed E-state index contributed by atoms with van der Waals surface area (Å²) in [6.45, 7) is 5.19. The standard InChI is InChI=1S/C21H24O6/c1-15(2)14-26-19-6-4-5-17(13-19)21(23)27-18-9-7-16(8-10-18)20(22)25-12-11-24-3/h4-10,13,15H,11-12,14H2,1-3H3. The molecule has 6 heteroatoms. The van der Waals surface area contributed by atoms with Gasteiger partial charge in [0.05, 0.1) is 24.3 Å². The Hall–Kier alpha value is -2.86. The van der Waals surface area contributed by atoms with Crippen molar-refractivity contribution < 1.29 is 28.5 Å². The van der Waals surface area contributed by atoms with Gasteiger partial charge in [0.15, 0.2) is 0 Å². The first kappa shape index (κ1) is 20.5. The quantitative estimate of drug-likeness (QED) is 0.379. The number of hydrogen-bond acceptors (Lipinski definition) is 6. The Balaban J connectivity index is 1.95. The molecule has 0 bridgehead atoms. The maximum atomic E-state index is 12.3. The summed E-state index contributed by atoms with van der Waals surface area (Å²) in [5, 5.41) is 0. The lowest BCUT2D eigenvalue weighted by molar-refractivity contribution is 0.0388. The number of esters is 2. The molecule has 144 valence electrons. The van der Waals surface area contributed by atoms with Crippen LogP contribution in [0.1, 0.15) is 34.6 Å². The fraction of sp³-hybridized carbons (Fsp3) is 0.333. The zero-order valence-corrected chi connectivity index (χ0v) is 15.8. The molecule has 0 N–H and O–H groups in total. The van der Waals surface area contributed by atoms with E-state index >= 15 is 0 Å². The van der Waals surface area contributed by atoms with Crippen molar-refractivity contribution in [3.05, 3.63) is 59.7 Å². The van der Waals surface area contributed by atoms with Crippen LogP contribution in [0.4, 0.5) is 0 Å². The Labute approximate surface area is 159 Å². The number of hydrogen-bond donors (Lipinski definition) is 0. The molecule has 0 aromatic heterocycles. The molecule has 6 nitrogen and oxygen atoms in total. The van der Waals surface area contributed by atoms with E-state index < -0.39 is 11.9 Å². The van der Waals surface area contributed by atoms with Gasteiger partial charge in [-0.3, -0.25) is 0 Å². The van der Waals surface area contributed by atoms with Gasteiger partial charge in [-0.25, -0.2) is 9.59 Å². The minimum Gasteiger partial charge on any atom is -0.493 e. The van der Waals surface area contributed by atoms with Crippen LogP contribution in [0.5, 0.6) is 11.5 Å². The molecular formula is C21H24O6. The minimum atomic E-state index is -0.500. The molecule has 0 saturated heterocycles. The Morgan fingerprint density at radius 3 is 2.30 bits per heavy atom. The lowest BCUT2D eigenvalue weighted by Crippen LogP contribution is -2.11. The second-order valence-electron chi connectivity index (χ2n) is 6.28. The summed E-state index contributed by atoms with van der Waals surface area (Å²) in [5.74, 6) is 0.384. The van der Waals surface area contributed by atoms with Crippen molar-refractivity contribution in [2.45, 2.75) is 13.8 Å². The van der Waals surface area contributed by atoms with E-state index in [9.17, 15) is 9.59 Å². The van der Waals surface area contributed by atoms with E-state index in [1.165, 1.54) is 7.11 Å². The third-order valence-electron chi connectivity index (χ3n) is 3.47. The highest BCUT2D eigenvalue weighted by Crippen LogP contribution is 2.18. The highest BCUT2D eigenvalue weighted by molar-refractivity contribution is 5.92. The largest absolute Gasteiger partial charge is 0.493 e. The molecular weight excluding hydrogens is 348 g/mol. The van der Waals surface area contributed by atoms with Crippen molar-refractivity contribution in [3.63, 3.8) is 0 Å². The SMILES string of the molecule is COCCOC(=O)c1ccc(OC(=O)c2cccc(OCC(C)C)c2)cc1. The smallest absolute Gasteiger partial charge is 0.343 e. The van der Waals surface area contributed by atoms with Gasteiger partial charge in [0, 0.05) is 7.11 Å². The molecule has 0 radical (unpaired) electrons. The normalized spacial score (nSPS) is 10.5. The molecule has 0 spiro atoms. The van der Waals surface area contributed by atoms with Crippen LogP contribution in [-0.2, 0) is 9.47 Å². The highest BCUT2D eigenvalue weighted by atomic mass is 16.6. The molecule has 0 fully saturated rings. The van der Waals surface area contributed by atoms with Gasteiger partial charge in [0.25, 0.3) is 0 Å². The van der Waals surface area contributed by atoms with Gasteiger partial charge in [-0.1, -0.05) is 19.9 Å². The third-order valence-corrected chi connectivity index (χ3v) is 3.47. The zero-order chi connectivity index (χ0) is 19.6. The van der Waals surface area contributed by atoms with Crippen LogP contribution in [0.25, 0.3) is 0 Å². The first-order valence-electron chi connectivity index (χ1n) is 8.70. The maximum Gasteiger partial charge on any atom is 0.343 e. The summed E-state index contributed by atoms with van der Waals surface area (Å²) in [6, 6.07) is 13.0. The first-order chi connectivity index (χ1) is 13.0. The van der Waals surface area contributed by atoms with Gasteiger partial charge in [-0.15, -0.1) is 0 Å². The van der Waals surface area contributed by atoms with Crippen molar-refractivity contribution >= 4 is 11.9 Å². The fourth-order valence-electron chi connectivity index (χ4n) is 2.10. The number of carbonyl (C=O) groups is 2. The predicted octanol–water partition coefficient (Wildman–Crippen LogP) is 3.74. The van der Waals surface area contributed by atoms with Crippen LogP contribution in [0, 0.1) is 5.92 Å². The zero-order valence-electron chi connectivity index (χ0n) is 15.8. The molecule has 2 rings (SSSR count). The number of carbonyl (C=O) groups excluding carboxylic acids is 2. The van der Waals surface area contributed by atoms with Crippen LogP contribution >= 0.6 is 0 Å². The molecule has 0 aliphatic carbocycles. The van der Waals surface area contributed by atoms with Gasteiger partial charge in [0.1, 0.15) is 18.1 Å². The highest BCUT2D eigenvalue weighted by Gasteiger charge is 2.12. The van der Waals surface area contributed by atoms with Gasteiger partial charge < -0.3 is 18.9 Å². The summed E-state index contributed by atoms with van der Waals surface area (Å²) in [4.78, 5) is 24.1. The second kappa shape index (κ2) is 10.3. The minimum absolute atomic E-state index is 0.182. The monoisotopic (exact) mass is 372 g/mol. The van der Waals surface area contributed by atoms with Gasteiger partial charge >= 0.3 is 11.9 Å². The van der Waals surface area contributed by atoms with Crippen LogP contribution in [0.3, 0.4) is 0 Å². The predicted molar refractivity (Wildman–Crippen MR) is 100 cm³/mol. The molecule has 0 heterocycles. The molecule has 0 aliphatic heterocycles. The maximum absolute atomic E-state index is 12.3. The first-order valence-corrected chi connectivity index (χ1v) is 8.70. The summed E-state index contributed by atoms with van der Waals surface area (Å²) >= 11 is 0. The molecule has 0 saturated carbocycles. The van der Waals surface area contributed by atoms with Crippen molar-refractivity contribution in [1.29, 1.82) is 0 Å². The van der Waals surface area contributed by atoms with Crippen molar-refractivity contribution in [1.82, 2.24) is 0 Å². The van der Waals surface area contributed by atoms with E-state index in [4.69, 9.17) is 18.9 Å². The molecule has 2 aromatic rings. The molecule has 2 aromatic carbocycles. The van der Waals surface area contributed by atoms with Gasteiger partial charge in [-0.2, -0.15) is 0 Å². The van der Waals surface area contributed by atoms with Crippen LogP contribution < -0.4 is 9.47 Å². The fourth-order valence-corrected chi connectivity index (χ4v) is 2.10. The lowest BCUT2D eigenvalue weighted by Gasteiger charge is -2.10. The number of rotatable bonds is 9. The van der Waals surface area contributed by atoms with E-state index in [1.54, 1.807) is 48.5 Å². The van der Waals surface area contributed by atoms with Crippen molar-refractivity contribution in [2.24, 2.45) is 5.92 Å².